The molecular formula is C12H12ClN5O2S. The van der Waals surface area contributed by atoms with E-state index < -0.39 is 10.0 Å². The molecule has 0 atom stereocenters. The Hall–Kier alpha value is -1.90. The summed E-state index contributed by atoms with van der Waals surface area (Å²) in [6, 6.07) is 5.19. The molecule has 0 spiro atoms. The van der Waals surface area contributed by atoms with Crippen LogP contribution in [0.2, 0.25) is 5.15 Å². The van der Waals surface area contributed by atoms with Crippen LogP contribution in [-0.4, -0.2) is 39.4 Å². The highest BCUT2D eigenvalue weighted by molar-refractivity contribution is 7.89. The lowest BCUT2D eigenvalue weighted by atomic mass is 10.4. The van der Waals surface area contributed by atoms with Gasteiger partial charge in [0.25, 0.3) is 10.0 Å². The lowest BCUT2D eigenvalue weighted by Crippen LogP contribution is -2.27. The molecule has 0 aliphatic rings. The summed E-state index contributed by atoms with van der Waals surface area (Å²) < 4.78 is 28.1. The van der Waals surface area contributed by atoms with Gasteiger partial charge in [0.05, 0.1) is 6.20 Å². The van der Waals surface area contributed by atoms with E-state index in [1.165, 1.54) is 15.8 Å². The van der Waals surface area contributed by atoms with Crippen LogP contribution in [0.5, 0.6) is 0 Å². The molecule has 3 heterocycles. The summed E-state index contributed by atoms with van der Waals surface area (Å²) >= 11 is 6.02. The highest BCUT2D eigenvalue weighted by Crippen LogP contribution is 2.25. The Bertz CT molecular complexity index is 872. The van der Waals surface area contributed by atoms with Crippen LogP contribution in [0.25, 0.3) is 5.65 Å². The lowest BCUT2D eigenvalue weighted by Gasteiger charge is -2.16. The minimum absolute atomic E-state index is 0.0363. The van der Waals surface area contributed by atoms with Crippen molar-refractivity contribution in [1.29, 1.82) is 0 Å². The first kappa shape index (κ1) is 14.1. The number of halogens is 1. The summed E-state index contributed by atoms with van der Waals surface area (Å²) in [7, 11) is -2.28. The van der Waals surface area contributed by atoms with Crippen LogP contribution in [-0.2, 0) is 16.6 Å². The van der Waals surface area contributed by atoms with Crippen LogP contribution in [0.1, 0.15) is 5.56 Å². The Morgan fingerprint density at radius 3 is 2.95 bits per heavy atom. The first-order chi connectivity index (χ1) is 10.00. The molecule has 0 saturated heterocycles. The zero-order valence-corrected chi connectivity index (χ0v) is 12.6. The normalized spacial score (nSPS) is 12.3. The second-order valence-electron chi connectivity index (χ2n) is 4.50. The number of aromatic amines is 1. The van der Waals surface area contributed by atoms with E-state index in [0.29, 0.717) is 5.65 Å². The molecule has 3 rings (SSSR count). The van der Waals surface area contributed by atoms with Gasteiger partial charge in [-0.1, -0.05) is 17.7 Å². The highest BCUT2D eigenvalue weighted by Gasteiger charge is 2.28. The zero-order chi connectivity index (χ0) is 15.0. The molecular weight excluding hydrogens is 314 g/mol. The van der Waals surface area contributed by atoms with Crippen molar-refractivity contribution in [3.63, 3.8) is 0 Å². The number of fused-ring (bicyclic) bond motifs is 1. The van der Waals surface area contributed by atoms with E-state index in [0.717, 1.165) is 5.56 Å². The summed E-state index contributed by atoms with van der Waals surface area (Å²) in [6.07, 6.45) is 4.83. The third-order valence-electron chi connectivity index (χ3n) is 3.06. The number of H-pyrrole nitrogens is 1. The Kier molecular flexibility index (Phi) is 3.44. The lowest BCUT2D eigenvalue weighted by molar-refractivity contribution is 0.463. The van der Waals surface area contributed by atoms with Gasteiger partial charge in [0.1, 0.15) is 5.65 Å². The maximum atomic E-state index is 12.7. The Labute approximate surface area is 126 Å². The molecule has 0 fully saturated rings. The number of pyridine rings is 1. The third kappa shape index (κ3) is 2.41. The molecule has 0 radical (unpaired) electrons. The van der Waals surface area contributed by atoms with E-state index in [4.69, 9.17) is 11.6 Å². The molecule has 9 heteroatoms. The second-order valence-corrected chi connectivity index (χ2v) is 6.82. The molecule has 0 bridgehead atoms. The van der Waals surface area contributed by atoms with Gasteiger partial charge in [-0.2, -0.15) is 9.40 Å². The van der Waals surface area contributed by atoms with E-state index in [1.54, 1.807) is 36.8 Å². The number of hydrogen-bond acceptors (Lipinski definition) is 4. The van der Waals surface area contributed by atoms with Crippen LogP contribution >= 0.6 is 11.6 Å². The van der Waals surface area contributed by atoms with E-state index in [9.17, 15) is 8.42 Å². The van der Waals surface area contributed by atoms with Gasteiger partial charge in [-0.15, -0.1) is 0 Å². The molecule has 1 N–H and O–H groups in total. The van der Waals surface area contributed by atoms with Crippen LogP contribution in [0.15, 0.2) is 41.8 Å². The first-order valence-corrected chi connectivity index (χ1v) is 7.88. The van der Waals surface area contributed by atoms with Gasteiger partial charge in [-0.3, -0.25) is 9.50 Å². The fourth-order valence-electron chi connectivity index (χ4n) is 2.03. The van der Waals surface area contributed by atoms with E-state index >= 15 is 0 Å². The monoisotopic (exact) mass is 325 g/mol. The molecule has 0 aliphatic carbocycles. The largest absolute Gasteiger partial charge is 0.288 e. The van der Waals surface area contributed by atoms with Crippen molar-refractivity contribution in [1.82, 2.24) is 23.9 Å². The van der Waals surface area contributed by atoms with Crippen molar-refractivity contribution in [2.24, 2.45) is 0 Å². The molecule has 21 heavy (non-hydrogen) atoms. The number of aromatic nitrogens is 4. The Morgan fingerprint density at radius 1 is 1.43 bits per heavy atom. The molecule has 0 saturated carbocycles. The van der Waals surface area contributed by atoms with Crippen molar-refractivity contribution < 1.29 is 8.42 Å². The Morgan fingerprint density at radius 2 is 2.24 bits per heavy atom. The van der Waals surface area contributed by atoms with Crippen molar-refractivity contribution in [3.05, 3.63) is 47.5 Å². The molecule has 7 nitrogen and oxygen atoms in total. The summed E-state index contributed by atoms with van der Waals surface area (Å²) in [4.78, 5) is 4.06. The average molecular weight is 326 g/mol. The van der Waals surface area contributed by atoms with Gasteiger partial charge in [0.2, 0.25) is 0 Å². The van der Waals surface area contributed by atoms with Gasteiger partial charge >= 0.3 is 0 Å². The molecule has 0 amide bonds. The summed E-state index contributed by atoms with van der Waals surface area (Å²) in [5, 5.41) is 6.37. The fraction of sp³-hybridized carbons (Fsp3) is 0.167. The third-order valence-corrected chi connectivity index (χ3v) is 5.27. The summed E-state index contributed by atoms with van der Waals surface area (Å²) in [5.41, 5.74) is 1.24. The maximum absolute atomic E-state index is 12.7. The smallest absolute Gasteiger partial charge is 0.262 e. The predicted molar refractivity (Wildman–Crippen MR) is 77.4 cm³/mol. The van der Waals surface area contributed by atoms with Crippen LogP contribution in [0.3, 0.4) is 0 Å². The standard InChI is InChI=1S/C12H12ClN5O2S/c1-17(8-9-6-14-15-7-9)21(19,20)12-11(13)16-10-4-2-3-5-18(10)12/h2-7H,8H2,1H3,(H,14,15). The fourth-order valence-corrected chi connectivity index (χ4v) is 3.78. The molecule has 110 valence electrons. The number of sulfonamides is 1. The summed E-state index contributed by atoms with van der Waals surface area (Å²) in [6.45, 7) is 0.190. The maximum Gasteiger partial charge on any atom is 0.262 e. The molecule has 0 aliphatic heterocycles. The number of hydrogen-bond donors (Lipinski definition) is 1. The molecule has 0 unspecified atom stereocenters. The predicted octanol–water partition coefficient (Wildman–Crippen LogP) is 1.53. The number of nitrogens with zero attached hydrogens (tertiary/aromatic N) is 4. The van der Waals surface area contributed by atoms with Crippen molar-refractivity contribution in [2.75, 3.05) is 7.05 Å². The van der Waals surface area contributed by atoms with Crippen molar-refractivity contribution in [3.8, 4) is 0 Å². The number of imidazole rings is 1. The van der Waals surface area contributed by atoms with Crippen molar-refractivity contribution in [2.45, 2.75) is 11.6 Å². The van der Waals surface area contributed by atoms with Crippen LogP contribution < -0.4 is 0 Å². The summed E-state index contributed by atoms with van der Waals surface area (Å²) in [5.74, 6) is 0. The Balaban J connectivity index is 2.06. The zero-order valence-electron chi connectivity index (χ0n) is 11.1. The van der Waals surface area contributed by atoms with Gasteiger partial charge < -0.3 is 0 Å². The van der Waals surface area contributed by atoms with Gasteiger partial charge in [-0.05, 0) is 12.1 Å². The minimum Gasteiger partial charge on any atom is -0.288 e. The molecule has 3 aromatic rings. The molecule has 0 aromatic carbocycles. The van der Waals surface area contributed by atoms with E-state index in [-0.39, 0.29) is 16.7 Å². The second kappa shape index (κ2) is 5.14. The van der Waals surface area contributed by atoms with Gasteiger partial charge in [-0.25, -0.2) is 13.4 Å². The topological polar surface area (TPSA) is 83.4 Å². The highest BCUT2D eigenvalue weighted by atomic mass is 35.5. The SMILES string of the molecule is CN(Cc1cn[nH]c1)S(=O)(=O)c1c(Cl)nc2ccccn12. The number of nitrogens with one attached hydrogen (secondary N) is 1. The molecule has 3 aromatic heterocycles. The quantitative estimate of drug-likeness (QED) is 0.788. The van der Waals surface area contributed by atoms with Gasteiger partial charge in [0.15, 0.2) is 10.2 Å². The number of rotatable bonds is 4. The average Bonchev–Trinajstić information content (AvgIpc) is 3.04. The first-order valence-electron chi connectivity index (χ1n) is 6.07. The van der Waals surface area contributed by atoms with Crippen molar-refractivity contribution >= 4 is 27.3 Å². The van der Waals surface area contributed by atoms with E-state index in [2.05, 4.69) is 15.2 Å². The minimum atomic E-state index is -3.77. The van der Waals surface area contributed by atoms with E-state index in [1.807, 2.05) is 0 Å². The van der Waals surface area contributed by atoms with Crippen LogP contribution in [0, 0.1) is 0 Å². The van der Waals surface area contributed by atoms with Crippen LogP contribution in [0.4, 0.5) is 0 Å². The van der Waals surface area contributed by atoms with Gasteiger partial charge in [0, 0.05) is 31.5 Å².